The summed E-state index contributed by atoms with van der Waals surface area (Å²) in [6, 6.07) is 15.5. The smallest absolute Gasteiger partial charge is 0.407 e. The highest BCUT2D eigenvalue weighted by Gasteiger charge is 2.34. The summed E-state index contributed by atoms with van der Waals surface area (Å²) in [6.45, 7) is 3.79. The summed E-state index contributed by atoms with van der Waals surface area (Å²) < 4.78 is 5.57. The summed E-state index contributed by atoms with van der Waals surface area (Å²) in [5.74, 6) is -1.33. The lowest BCUT2D eigenvalue weighted by Crippen LogP contribution is -2.48. The molecule has 7 nitrogen and oxygen atoms in total. The second-order valence-electron chi connectivity index (χ2n) is 9.34. The molecule has 4 rings (SSSR count). The summed E-state index contributed by atoms with van der Waals surface area (Å²) in [6.07, 6.45) is 1.17. The molecule has 0 aromatic heterocycles. The Labute approximate surface area is 193 Å². The van der Waals surface area contributed by atoms with Gasteiger partial charge in [0, 0.05) is 18.4 Å². The highest BCUT2D eigenvalue weighted by atomic mass is 16.5. The normalized spacial score (nSPS) is 19.7. The van der Waals surface area contributed by atoms with E-state index in [9.17, 15) is 19.5 Å². The molecule has 33 heavy (non-hydrogen) atoms. The molecule has 0 bridgehead atoms. The van der Waals surface area contributed by atoms with Crippen LogP contribution in [-0.2, 0) is 14.3 Å². The Kier molecular flexibility index (Phi) is 6.67. The molecule has 1 fully saturated rings. The van der Waals surface area contributed by atoms with Crippen molar-refractivity contribution in [3.63, 3.8) is 0 Å². The summed E-state index contributed by atoms with van der Waals surface area (Å²) >= 11 is 0. The van der Waals surface area contributed by atoms with Crippen LogP contribution in [0.1, 0.15) is 50.2 Å². The fourth-order valence-electron chi connectivity index (χ4n) is 4.84. The lowest BCUT2D eigenvalue weighted by atomic mass is 9.78. The van der Waals surface area contributed by atoms with Crippen LogP contribution < -0.4 is 10.6 Å². The molecule has 0 spiro atoms. The van der Waals surface area contributed by atoms with Crippen LogP contribution in [0.3, 0.4) is 0 Å². The Morgan fingerprint density at radius 1 is 1.00 bits per heavy atom. The van der Waals surface area contributed by atoms with Gasteiger partial charge in [0.1, 0.15) is 12.6 Å². The number of ether oxygens (including phenoxy) is 1. The molecule has 7 heteroatoms. The zero-order valence-electron chi connectivity index (χ0n) is 18.9. The maximum Gasteiger partial charge on any atom is 0.407 e. The quantitative estimate of drug-likeness (QED) is 0.565. The van der Waals surface area contributed by atoms with Crippen molar-refractivity contribution in [2.45, 2.75) is 51.1 Å². The maximum atomic E-state index is 12.4. The van der Waals surface area contributed by atoms with Crippen LogP contribution in [0.5, 0.6) is 0 Å². The van der Waals surface area contributed by atoms with Crippen molar-refractivity contribution in [3.05, 3.63) is 59.7 Å². The van der Waals surface area contributed by atoms with Gasteiger partial charge in [-0.15, -0.1) is 0 Å². The lowest BCUT2D eigenvalue weighted by molar-refractivity contribution is -0.143. The average Bonchev–Trinajstić information content (AvgIpc) is 3.08. The van der Waals surface area contributed by atoms with Crippen LogP contribution in [0.15, 0.2) is 48.5 Å². The number of rotatable bonds is 8. The van der Waals surface area contributed by atoms with E-state index in [-0.39, 0.29) is 42.7 Å². The van der Waals surface area contributed by atoms with E-state index in [0.717, 1.165) is 0 Å². The number of fused-ring (bicyclic) bond motifs is 3. The molecular formula is C26H30N2O5. The fraction of sp³-hybridized carbons (Fsp3) is 0.423. The molecular weight excluding hydrogens is 420 g/mol. The molecule has 3 N–H and O–H groups in total. The number of benzene rings is 2. The van der Waals surface area contributed by atoms with Crippen LogP contribution in [-0.4, -0.2) is 41.8 Å². The predicted octanol–water partition coefficient (Wildman–Crippen LogP) is 3.92. The number of nitrogens with one attached hydrogen (secondary N) is 2. The number of hydrogen-bond donors (Lipinski definition) is 3. The summed E-state index contributed by atoms with van der Waals surface area (Å²) in [7, 11) is 0. The lowest BCUT2D eigenvalue weighted by Gasteiger charge is -2.35. The van der Waals surface area contributed by atoms with E-state index < -0.39 is 18.1 Å². The Hall–Kier alpha value is -3.35. The van der Waals surface area contributed by atoms with E-state index in [1.54, 1.807) is 13.8 Å². The molecule has 1 atom stereocenters. The third kappa shape index (κ3) is 5.02. The maximum absolute atomic E-state index is 12.4. The standard InChI is InChI=1S/C26H30N2O5/c1-15(2)24(25(30)31)28-23(29)13-16-11-17(12-16)27-26(32)33-14-22-20-9-5-3-7-18(20)19-8-4-6-10-21(19)22/h3-10,15-17,22,24H,11-14H2,1-2H3,(H,27,32)(H,28,29)(H,30,31). The monoisotopic (exact) mass is 450 g/mol. The highest BCUT2D eigenvalue weighted by Crippen LogP contribution is 2.44. The topological polar surface area (TPSA) is 105 Å². The van der Waals surface area contributed by atoms with E-state index in [1.165, 1.54) is 22.3 Å². The average molecular weight is 451 g/mol. The van der Waals surface area contributed by atoms with E-state index in [2.05, 4.69) is 34.9 Å². The van der Waals surface area contributed by atoms with Crippen molar-refractivity contribution >= 4 is 18.0 Å². The summed E-state index contributed by atoms with van der Waals surface area (Å²) in [5, 5.41) is 14.7. The van der Waals surface area contributed by atoms with E-state index in [0.29, 0.717) is 12.8 Å². The number of carbonyl (C=O) groups is 3. The highest BCUT2D eigenvalue weighted by molar-refractivity contribution is 5.84. The molecule has 174 valence electrons. The molecule has 0 saturated heterocycles. The summed E-state index contributed by atoms with van der Waals surface area (Å²) in [4.78, 5) is 35.8. The van der Waals surface area contributed by atoms with Crippen LogP contribution >= 0.6 is 0 Å². The van der Waals surface area contributed by atoms with Gasteiger partial charge in [-0.25, -0.2) is 9.59 Å². The van der Waals surface area contributed by atoms with Crippen LogP contribution in [0.2, 0.25) is 0 Å². The number of carbonyl (C=O) groups excluding carboxylic acids is 2. The van der Waals surface area contributed by atoms with Gasteiger partial charge in [0.15, 0.2) is 0 Å². The van der Waals surface area contributed by atoms with Gasteiger partial charge in [0.25, 0.3) is 0 Å². The minimum absolute atomic E-state index is 0.0177. The Morgan fingerprint density at radius 3 is 2.12 bits per heavy atom. The van der Waals surface area contributed by atoms with Crippen molar-refractivity contribution in [2.75, 3.05) is 6.61 Å². The van der Waals surface area contributed by atoms with Gasteiger partial charge in [-0.3, -0.25) is 4.79 Å². The number of amides is 2. The van der Waals surface area contributed by atoms with Crippen LogP contribution in [0, 0.1) is 11.8 Å². The third-order valence-corrected chi connectivity index (χ3v) is 6.62. The second-order valence-corrected chi connectivity index (χ2v) is 9.34. The molecule has 2 aromatic carbocycles. The zero-order chi connectivity index (χ0) is 23.5. The molecule has 2 aliphatic rings. The zero-order valence-corrected chi connectivity index (χ0v) is 18.9. The molecule has 2 amide bonds. The second kappa shape index (κ2) is 9.65. The molecule has 1 saturated carbocycles. The minimum Gasteiger partial charge on any atom is -0.480 e. The van der Waals surface area contributed by atoms with Crippen molar-refractivity contribution in [1.29, 1.82) is 0 Å². The largest absolute Gasteiger partial charge is 0.480 e. The van der Waals surface area contributed by atoms with Gasteiger partial charge in [-0.1, -0.05) is 62.4 Å². The number of hydrogen-bond acceptors (Lipinski definition) is 4. The molecule has 0 aliphatic heterocycles. The third-order valence-electron chi connectivity index (χ3n) is 6.62. The molecule has 0 radical (unpaired) electrons. The van der Waals surface area contributed by atoms with Crippen molar-refractivity contribution in [2.24, 2.45) is 11.8 Å². The number of carboxylic acids is 1. The van der Waals surface area contributed by atoms with Gasteiger partial charge in [0.2, 0.25) is 5.91 Å². The van der Waals surface area contributed by atoms with Crippen molar-refractivity contribution in [1.82, 2.24) is 10.6 Å². The van der Waals surface area contributed by atoms with Crippen LogP contribution in [0.25, 0.3) is 11.1 Å². The SMILES string of the molecule is CC(C)C(NC(=O)CC1CC(NC(=O)OCC2c3ccccc3-c3ccccc32)C1)C(=O)O. The van der Waals surface area contributed by atoms with E-state index >= 15 is 0 Å². The Bertz CT molecular complexity index is 999. The predicted molar refractivity (Wildman–Crippen MR) is 124 cm³/mol. The number of alkyl carbamates (subject to hydrolysis) is 1. The first-order chi connectivity index (χ1) is 15.8. The van der Waals surface area contributed by atoms with Gasteiger partial charge in [-0.05, 0) is 46.9 Å². The number of aliphatic carboxylic acids is 1. The Morgan fingerprint density at radius 2 is 1.58 bits per heavy atom. The van der Waals surface area contributed by atoms with Gasteiger partial charge in [-0.2, -0.15) is 0 Å². The van der Waals surface area contributed by atoms with Gasteiger partial charge in [0.05, 0.1) is 0 Å². The molecule has 1 unspecified atom stereocenters. The Balaban J connectivity index is 1.22. The first kappa shape index (κ1) is 22.8. The van der Waals surface area contributed by atoms with Gasteiger partial charge < -0.3 is 20.5 Å². The first-order valence-electron chi connectivity index (χ1n) is 11.5. The summed E-state index contributed by atoms with van der Waals surface area (Å²) in [5.41, 5.74) is 4.71. The molecule has 2 aliphatic carbocycles. The molecule has 0 heterocycles. The fourth-order valence-corrected chi connectivity index (χ4v) is 4.84. The number of carboxylic acid groups (broad SMARTS) is 1. The minimum atomic E-state index is -1.03. The van der Waals surface area contributed by atoms with Crippen molar-refractivity contribution in [3.8, 4) is 11.1 Å². The van der Waals surface area contributed by atoms with Crippen molar-refractivity contribution < 1.29 is 24.2 Å². The van der Waals surface area contributed by atoms with E-state index in [4.69, 9.17) is 4.74 Å². The van der Waals surface area contributed by atoms with E-state index in [1.807, 2.05) is 24.3 Å². The van der Waals surface area contributed by atoms with Gasteiger partial charge >= 0.3 is 12.1 Å². The first-order valence-corrected chi connectivity index (χ1v) is 11.5. The van der Waals surface area contributed by atoms with Crippen LogP contribution in [0.4, 0.5) is 4.79 Å². The molecule has 2 aromatic rings.